The third-order valence-electron chi connectivity index (χ3n) is 7.40. The van der Waals surface area contributed by atoms with Gasteiger partial charge >= 0.3 is 5.97 Å². The molecule has 1 aliphatic heterocycles. The van der Waals surface area contributed by atoms with Crippen LogP contribution in [0.3, 0.4) is 0 Å². The van der Waals surface area contributed by atoms with Gasteiger partial charge in [-0.2, -0.15) is 0 Å². The number of nitrogens with zero attached hydrogens (tertiary/aromatic N) is 2. The lowest BCUT2D eigenvalue weighted by Gasteiger charge is -2.44. The summed E-state index contributed by atoms with van der Waals surface area (Å²) in [6.45, 7) is 5.91. The molecule has 41 heavy (non-hydrogen) atoms. The van der Waals surface area contributed by atoms with Gasteiger partial charge in [0.25, 0.3) is 0 Å². The molecule has 0 saturated carbocycles. The molecule has 0 spiro atoms. The second-order valence-corrected chi connectivity index (χ2v) is 11.2. The van der Waals surface area contributed by atoms with Crippen molar-refractivity contribution in [2.45, 2.75) is 39.5 Å². The number of hydrogen-bond acceptors (Lipinski definition) is 9. The van der Waals surface area contributed by atoms with E-state index >= 15 is 0 Å². The Morgan fingerprint density at radius 3 is 2.44 bits per heavy atom. The summed E-state index contributed by atoms with van der Waals surface area (Å²) in [4.78, 5) is 32.2. The molecule has 10 heteroatoms. The van der Waals surface area contributed by atoms with E-state index in [4.69, 9.17) is 31.5 Å². The number of benzene rings is 2. The second kappa shape index (κ2) is 11.0. The van der Waals surface area contributed by atoms with Crippen molar-refractivity contribution < 1.29 is 23.8 Å². The Morgan fingerprint density at radius 1 is 1.10 bits per heavy atom. The predicted octanol–water partition coefficient (Wildman–Crippen LogP) is 5.71. The van der Waals surface area contributed by atoms with E-state index < -0.39 is 11.9 Å². The summed E-state index contributed by atoms with van der Waals surface area (Å²) in [7, 11) is 3.17. The molecule has 3 aromatic rings. The summed E-state index contributed by atoms with van der Waals surface area (Å²) < 4.78 is 16.2. The van der Waals surface area contributed by atoms with Crippen molar-refractivity contribution in [2.75, 3.05) is 26.3 Å². The highest BCUT2D eigenvalue weighted by atomic mass is 35.5. The van der Waals surface area contributed by atoms with Gasteiger partial charge in [-0.05, 0) is 67.3 Å². The number of nitrogens with two attached hydrogens (primary N) is 1. The highest BCUT2D eigenvalue weighted by Gasteiger charge is 2.47. The molecule has 5 rings (SSSR count). The Morgan fingerprint density at radius 2 is 1.78 bits per heavy atom. The first-order chi connectivity index (χ1) is 19.6. The van der Waals surface area contributed by atoms with Crippen LogP contribution in [0.4, 0.5) is 5.69 Å². The van der Waals surface area contributed by atoms with Crippen LogP contribution >= 0.6 is 11.6 Å². The van der Waals surface area contributed by atoms with Gasteiger partial charge in [0.1, 0.15) is 22.5 Å². The number of nitrogens with one attached hydrogen (secondary N) is 1. The fraction of sp³-hybridized carbons (Fsp3) is 0.323. The van der Waals surface area contributed by atoms with E-state index in [0.717, 1.165) is 5.39 Å². The van der Waals surface area contributed by atoms with Gasteiger partial charge in [0, 0.05) is 22.9 Å². The number of hydrogen-bond donors (Lipinski definition) is 2. The molecule has 0 amide bonds. The van der Waals surface area contributed by atoms with E-state index in [2.05, 4.69) is 10.4 Å². The molecular weight excluding hydrogens is 544 g/mol. The molecule has 0 saturated heterocycles. The molecule has 2 aliphatic rings. The van der Waals surface area contributed by atoms with E-state index in [9.17, 15) is 9.59 Å². The number of fused-ring (bicyclic) bond motifs is 1. The number of pyridine rings is 1. The maximum atomic E-state index is 14.0. The molecule has 0 bridgehead atoms. The lowest BCUT2D eigenvalue weighted by atomic mass is 9.69. The minimum absolute atomic E-state index is 0.0983. The highest BCUT2D eigenvalue weighted by molar-refractivity contribution is 6.31. The number of rotatable bonds is 7. The molecule has 0 fully saturated rings. The van der Waals surface area contributed by atoms with Gasteiger partial charge in [-0.1, -0.05) is 25.4 Å². The number of allylic oxidation sites excluding steroid dienone is 2. The van der Waals surface area contributed by atoms with Gasteiger partial charge in [0.2, 0.25) is 0 Å². The monoisotopic (exact) mass is 576 g/mol. The van der Waals surface area contributed by atoms with Crippen LogP contribution in [-0.2, 0) is 14.3 Å². The summed E-state index contributed by atoms with van der Waals surface area (Å²) >= 11 is 6.80. The fourth-order valence-electron chi connectivity index (χ4n) is 5.53. The highest BCUT2D eigenvalue weighted by Crippen LogP contribution is 2.50. The van der Waals surface area contributed by atoms with Gasteiger partial charge in [-0.15, -0.1) is 0 Å². The van der Waals surface area contributed by atoms with Crippen LogP contribution in [0.25, 0.3) is 10.9 Å². The third-order valence-corrected chi connectivity index (χ3v) is 7.70. The van der Waals surface area contributed by atoms with Crippen molar-refractivity contribution >= 4 is 39.9 Å². The molecule has 0 radical (unpaired) electrons. The molecule has 2 aromatic carbocycles. The maximum absolute atomic E-state index is 14.0. The molecular formula is C31H33ClN4O5. The Labute approximate surface area is 243 Å². The van der Waals surface area contributed by atoms with Crippen LogP contribution in [0.5, 0.6) is 11.5 Å². The summed E-state index contributed by atoms with van der Waals surface area (Å²) in [5.41, 5.74) is 12.8. The third kappa shape index (κ3) is 5.29. The van der Waals surface area contributed by atoms with Crippen molar-refractivity contribution in [1.29, 1.82) is 0 Å². The van der Waals surface area contributed by atoms with Crippen molar-refractivity contribution in [1.82, 2.24) is 9.99 Å². The topological polar surface area (TPSA) is 116 Å². The standard InChI is InChI=1S/C31H33ClN4O5/c1-6-41-30(38)27-25(21-14-17-13-20(40-5)11-12-22(17)34-28(21)32)26-23(15-31(2,3)16-24(26)37)36(29(27)33)35-18-7-9-19(39-4)10-8-18/h7-14,25,35H,6,15-16,33H2,1-5H3. The van der Waals surface area contributed by atoms with E-state index in [-0.39, 0.29) is 34.4 Å². The zero-order valence-corrected chi connectivity index (χ0v) is 24.5. The van der Waals surface area contributed by atoms with E-state index in [1.165, 1.54) is 0 Å². The molecule has 1 atom stereocenters. The Kier molecular flexibility index (Phi) is 7.57. The summed E-state index contributed by atoms with van der Waals surface area (Å²) in [6, 6.07) is 14.5. The Bertz CT molecular complexity index is 1600. The number of ether oxygens (including phenoxy) is 3. The number of carbonyl (C=O) groups is 2. The van der Waals surface area contributed by atoms with Gasteiger partial charge in [0.05, 0.1) is 49.2 Å². The fourth-order valence-corrected chi connectivity index (χ4v) is 5.78. The average molecular weight is 577 g/mol. The summed E-state index contributed by atoms with van der Waals surface area (Å²) in [5.74, 6) is -0.162. The summed E-state index contributed by atoms with van der Waals surface area (Å²) in [6.07, 6.45) is 0.818. The second-order valence-electron chi connectivity index (χ2n) is 10.9. The normalized spacial score (nSPS) is 18.3. The smallest absolute Gasteiger partial charge is 0.338 e. The van der Waals surface area contributed by atoms with Crippen molar-refractivity contribution in [3.05, 3.63) is 81.9 Å². The van der Waals surface area contributed by atoms with Crippen LogP contribution < -0.4 is 20.6 Å². The number of Topliss-reactive ketones (excluding diaryl/α,β-unsaturated/α-hetero) is 1. The number of hydrazine groups is 1. The van der Waals surface area contributed by atoms with Crippen molar-refractivity contribution in [2.24, 2.45) is 11.1 Å². The average Bonchev–Trinajstić information content (AvgIpc) is 2.93. The van der Waals surface area contributed by atoms with Gasteiger partial charge in [0.15, 0.2) is 5.78 Å². The zero-order valence-electron chi connectivity index (χ0n) is 23.7. The van der Waals surface area contributed by atoms with Crippen molar-refractivity contribution in [3.63, 3.8) is 0 Å². The number of aromatic nitrogens is 1. The van der Waals surface area contributed by atoms with Crippen LogP contribution in [-0.4, -0.2) is 42.6 Å². The number of carbonyl (C=O) groups excluding carboxylic acids is 2. The lowest BCUT2D eigenvalue weighted by Crippen LogP contribution is -2.45. The first-order valence-corrected chi connectivity index (χ1v) is 13.7. The predicted molar refractivity (Wildman–Crippen MR) is 157 cm³/mol. The van der Waals surface area contributed by atoms with E-state index in [1.54, 1.807) is 50.4 Å². The van der Waals surface area contributed by atoms with Gasteiger partial charge in [-0.3, -0.25) is 10.2 Å². The first-order valence-electron chi connectivity index (χ1n) is 13.3. The number of esters is 1. The SMILES string of the molecule is CCOC(=O)C1=C(N)N(Nc2ccc(OC)cc2)C2=C(C(=O)CC(C)(C)C2)C1c1cc2cc(OC)ccc2nc1Cl. The molecule has 1 unspecified atom stereocenters. The van der Waals surface area contributed by atoms with Gasteiger partial charge in [-0.25, -0.2) is 14.8 Å². The number of methoxy groups -OCH3 is 2. The van der Waals surface area contributed by atoms with E-state index in [1.807, 2.05) is 38.1 Å². The molecule has 214 valence electrons. The summed E-state index contributed by atoms with van der Waals surface area (Å²) in [5, 5.41) is 2.54. The molecule has 1 aromatic heterocycles. The first kappa shape index (κ1) is 28.3. The zero-order chi connectivity index (χ0) is 29.5. The maximum Gasteiger partial charge on any atom is 0.338 e. The quantitative estimate of drug-likeness (QED) is 0.269. The molecule has 2 heterocycles. The van der Waals surface area contributed by atoms with E-state index in [0.29, 0.717) is 52.4 Å². The minimum atomic E-state index is -0.878. The molecule has 9 nitrogen and oxygen atoms in total. The molecule has 1 aliphatic carbocycles. The van der Waals surface area contributed by atoms with Crippen LogP contribution in [0.2, 0.25) is 5.15 Å². The largest absolute Gasteiger partial charge is 0.497 e. The minimum Gasteiger partial charge on any atom is -0.497 e. The lowest BCUT2D eigenvalue weighted by molar-refractivity contribution is -0.139. The van der Waals surface area contributed by atoms with Crippen molar-refractivity contribution in [3.8, 4) is 11.5 Å². The number of halogens is 1. The van der Waals surface area contributed by atoms with Crippen LogP contribution in [0.15, 0.2) is 71.2 Å². The van der Waals surface area contributed by atoms with Crippen LogP contribution in [0.1, 0.15) is 45.1 Å². The Balaban J connectivity index is 1.75. The number of anilines is 1. The number of ketones is 1. The Hall–Kier alpha value is -4.24. The molecule has 3 N–H and O–H groups in total. The van der Waals surface area contributed by atoms with Crippen LogP contribution in [0, 0.1) is 5.41 Å². The van der Waals surface area contributed by atoms with Gasteiger partial charge < -0.3 is 19.9 Å².